The van der Waals surface area contributed by atoms with Gasteiger partial charge in [0.15, 0.2) is 5.96 Å². The summed E-state index contributed by atoms with van der Waals surface area (Å²) in [5.41, 5.74) is 0.641. The Labute approximate surface area is 161 Å². The van der Waals surface area contributed by atoms with Crippen molar-refractivity contribution in [3.8, 4) is 0 Å². The summed E-state index contributed by atoms with van der Waals surface area (Å²) < 4.78 is 13.6. The molecule has 1 aromatic rings. The van der Waals surface area contributed by atoms with Crippen LogP contribution in [0.5, 0.6) is 0 Å². The second kappa shape index (κ2) is 10.8. The predicted molar refractivity (Wildman–Crippen MR) is 109 cm³/mol. The van der Waals surface area contributed by atoms with E-state index in [-0.39, 0.29) is 29.8 Å². The van der Waals surface area contributed by atoms with E-state index in [1.807, 2.05) is 6.07 Å². The molecule has 1 aliphatic heterocycles. The number of likely N-dealkylation sites (N-methyl/N-ethyl adjacent to an activating group) is 1. The molecule has 1 atom stereocenters. The Morgan fingerprint density at radius 2 is 1.88 bits per heavy atom. The van der Waals surface area contributed by atoms with Crippen molar-refractivity contribution < 1.29 is 4.39 Å². The molecular formula is C17H29FIN5. The lowest BCUT2D eigenvalue weighted by atomic mass is 10.2. The van der Waals surface area contributed by atoms with Gasteiger partial charge in [0.1, 0.15) is 5.82 Å². The number of guanidine groups is 1. The zero-order chi connectivity index (χ0) is 16.7. The summed E-state index contributed by atoms with van der Waals surface area (Å²) in [5, 5.41) is 6.49. The maximum absolute atomic E-state index is 13.6. The maximum atomic E-state index is 13.6. The van der Waals surface area contributed by atoms with Gasteiger partial charge in [-0.3, -0.25) is 9.89 Å². The molecular weight excluding hydrogens is 420 g/mol. The van der Waals surface area contributed by atoms with Gasteiger partial charge < -0.3 is 15.5 Å². The normalized spacial score (nSPS) is 17.9. The minimum Gasteiger partial charge on any atom is -0.355 e. The molecule has 1 fully saturated rings. The van der Waals surface area contributed by atoms with Crippen molar-refractivity contribution in [2.24, 2.45) is 4.99 Å². The van der Waals surface area contributed by atoms with E-state index in [4.69, 9.17) is 0 Å². The Kier molecular flexibility index (Phi) is 9.53. The van der Waals surface area contributed by atoms with Crippen molar-refractivity contribution in [3.05, 3.63) is 35.6 Å². The van der Waals surface area contributed by atoms with Crippen LogP contribution in [0.3, 0.4) is 0 Å². The first-order valence-corrected chi connectivity index (χ1v) is 8.20. The number of benzene rings is 1. The largest absolute Gasteiger partial charge is 0.355 e. The third-order valence-corrected chi connectivity index (χ3v) is 4.35. The lowest BCUT2D eigenvalue weighted by Crippen LogP contribution is -2.52. The van der Waals surface area contributed by atoms with Crippen LogP contribution >= 0.6 is 24.0 Å². The summed E-state index contributed by atoms with van der Waals surface area (Å²) in [6, 6.07) is 7.23. The average Bonchev–Trinajstić information content (AvgIpc) is 2.57. The van der Waals surface area contributed by atoms with Crippen LogP contribution in [-0.2, 0) is 6.54 Å². The first kappa shape index (κ1) is 21.1. The van der Waals surface area contributed by atoms with Crippen LogP contribution < -0.4 is 10.6 Å². The third-order valence-electron chi connectivity index (χ3n) is 4.35. The van der Waals surface area contributed by atoms with E-state index in [2.05, 4.69) is 39.4 Å². The highest BCUT2D eigenvalue weighted by atomic mass is 127. The Hall–Kier alpha value is -0.930. The van der Waals surface area contributed by atoms with Gasteiger partial charge in [0.2, 0.25) is 0 Å². The number of piperazine rings is 1. The van der Waals surface area contributed by atoms with Gasteiger partial charge in [0.05, 0.1) is 0 Å². The van der Waals surface area contributed by atoms with Crippen LogP contribution in [0.4, 0.5) is 4.39 Å². The number of hydrogen-bond acceptors (Lipinski definition) is 3. The van der Waals surface area contributed by atoms with Crippen molar-refractivity contribution >= 4 is 29.9 Å². The molecule has 24 heavy (non-hydrogen) atoms. The summed E-state index contributed by atoms with van der Waals surface area (Å²) in [6.07, 6.45) is 0. The Morgan fingerprint density at radius 3 is 2.50 bits per heavy atom. The van der Waals surface area contributed by atoms with Gasteiger partial charge in [-0.05, 0) is 20.0 Å². The molecule has 1 aromatic carbocycles. The highest BCUT2D eigenvalue weighted by molar-refractivity contribution is 14.0. The van der Waals surface area contributed by atoms with Crippen molar-refractivity contribution in [2.45, 2.75) is 19.5 Å². The van der Waals surface area contributed by atoms with E-state index >= 15 is 0 Å². The third kappa shape index (κ3) is 6.52. The monoisotopic (exact) mass is 449 g/mol. The molecule has 2 N–H and O–H groups in total. The van der Waals surface area contributed by atoms with E-state index in [0.29, 0.717) is 24.1 Å². The van der Waals surface area contributed by atoms with Gasteiger partial charge >= 0.3 is 0 Å². The standard InChI is InChI=1S/C17H28FN5.HI/c1-14(23-10-8-22(3)9-11-23)12-20-17(19-2)21-13-15-6-4-5-7-16(15)18;/h4-7,14H,8-13H2,1-3H3,(H2,19,20,21);1H. The number of halogens is 2. The number of aliphatic imine (C=N–C) groups is 1. The zero-order valence-electron chi connectivity index (χ0n) is 14.8. The molecule has 1 heterocycles. The SMILES string of the molecule is CN=C(NCc1ccccc1F)NCC(C)N1CCN(C)CC1.I. The van der Waals surface area contributed by atoms with Gasteiger partial charge in [0.25, 0.3) is 0 Å². The van der Waals surface area contributed by atoms with Crippen LogP contribution in [0.1, 0.15) is 12.5 Å². The van der Waals surface area contributed by atoms with Crippen LogP contribution in [-0.4, -0.2) is 68.6 Å². The lowest BCUT2D eigenvalue weighted by molar-refractivity contribution is 0.120. The summed E-state index contributed by atoms with van der Waals surface area (Å²) in [5.74, 6) is 0.510. The Bertz CT molecular complexity index is 517. The Balaban J connectivity index is 0.00000288. The average molecular weight is 449 g/mol. The first-order valence-electron chi connectivity index (χ1n) is 8.20. The molecule has 0 spiro atoms. The molecule has 5 nitrogen and oxygen atoms in total. The lowest BCUT2D eigenvalue weighted by Gasteiger charge is -2.36. The molecule has 0 radical (unpaired) electrons. The highest BCUT2D eigenvalue weighted by Crippen LogP contribution is 2.06. The number of nitrogens with one attached hydrogen (secondary N) is 2. The van der Waals surface area contributed by atoms with E-state index in [1.165, 1.54) is 6.07 Å². The van der Waals surface area contributed by atoms with Crippen molar-refractivity contribution in [1.82, 2.24) is 20.4 Å². The molecule has 1 aliphatic rings. The number of rotatable bonds is 5. The number of hydrogen-bond donors (Lipinski definition) is 2. The minimum atomic E-state index is -0.193. The molecule has 1 saturated heterocycles. The molecule has 0 amide bonds. The molecule has 136 valence electrons. The molecule has 7 heteroatoms. The number of nitrogens with zero attached hydrogens (tertiary/aromatic N) is 3. The molecule has 2 rings (SSSR count). The fourth-order valence-corrected chi connectivity index (χ4v) is 2.68. The second-order valence-corrected chi connectivity index (χ2v) is 6.09. The van der Waals surface area contributed by atoms with Gasteiger partial charge in [0, 0.05) is 57.9 Å². The summed E-state index contributed by atoms with van der Waals surface area (Å²) in [6.45, 7) is 7.90. The molecule has 0 aromatic heterocycles. The maximum Gasteiger partial charge on any atom is 0.191 e. The minimum absolute atomic E-state index is 0. The fourth-order valence-electron chi connectivity index (χ4n) is 2.68. The highest BCUT2D eigenvalue weighted by Gasteiger charge is 2.19. The molecule has 1 unspecified atom stereocenters. The first-order chi connectivity index (χ1) is 11.1. The van der Waals surface area contributed by atoms with Crippen molar-refractivity contribution in [3.63, 3.8) is 0 Å². The van der Waals surface area contributed by atoms with Crippen molar-refractivity contribution in [2.75, 3.05) is 46.8 Å². The van der Waals surface area contributed by atoms with Crippen LogP contribution in [0.2, 0.25) is 0 Å². The molecule has 0 bridgehead atoms. The molecule has 0 aliphatic carbocycles. The second-order valence-electron chi connectivity index (χ2n) is 6.09. The van der Waals surface area contributed by atoms with Gasteiger partial charge in [-0.25, -0.2) is 4.39 Å². The van der Waals surface area contributed by atoms with Crippen molar-refractivity contribution in [1.29, 1.82) is 0 Å². The fraction of sp³-hybridized carbons (Fsp3) is 0.588. The quantitative estimate of drug-likeness (QED) is 0.409. The Morgan fingerprint density at radius 1 is 1.21 bits per heavy atom. The van der Waals surface area contributed by atoms with Gasteiger partial charge in [-0.1, -0.05) is 18.2 Å². The summed E-state index contributed by atoms with van der Waals surface area (Å²) >= 11 is 0. The van der Waals surface area contributed by atoms with Gasteiger partial charge in [-0.15, -0.1) is 24.0 Å². The smallest absolute Gasteiger partial charge is 0.191 e. The van der Waals surface area contributed by atoms with E-state index in [0.717, 1.165) is 32.7 Å². The van der Waals surface area contributed by atoms with E-state index < -0.39 is 0 Å². The zero-order valence-corrected chi connectivity index (χ0v) is 17.1. The molecule has 0 saturated carbocycles. The summed E-state index contributed by atoms with van der Waals surface area (Å²) in [7, 11) is 3.89. The topological polar surface area (TPSA) is 42.9 Å². The van der Waals surface area contributed by atoms with Crippen LogP contribution in [0.15, 0.2) is 29.3 Å². The summed E-state index contributed by atoms with van der Waals surface area (Å²) in [4.78, 5) is 9.04. The van der Waals surface area contributed by atoms with Crippen LogP contribution in [0.25, 0.3) is 0 Å². The van der Waals surface area contributed by atoms with E-state index in [9.17, 15) is 4.39 Å². The van der Waals surface area contributed by atoms with Gasteiger partial charge in [-0.2, -0.15) is 0 Å². The van der Waals surface area contributed by atoms with Crippen LogP contribution in [0, 0.1) is 5.82 Å². The van der Waals surface area contributed by atoms with E-state index in [1.54, 1.807) is 19.2 Å². The predicted octanol–water partition coefficient (Wildman–Crippen LogP) is 1.74.